The summed E-state index contributed by atoms with van der Waals surface area (Å²) < 4.78 is 2.79. The van der Waals surface area contributed by atoms with E-state index in [1.807, 2.05) is 25.2 Å². The topological polar surface area (TPSA) is 56.7 Å². The molecule has 84 valence electrons. The van der Waals surface area contributed by atoms with E-state index in [0.29, 0.717) is 0 Å². The molecule has 0 aliphatic carbocycles. The number of halogens is 1. The normalized spacial score (nSPS) is 10.6. The van der Waals surface area contributed by atoms with Gasteiger partial charge in [0.1, 0.15) is 12.2 Å². The molecule has 0 radical (unpaired) electrons. The van der Waals surface area contributed by atoms with Crippen molar-refractivity contribution in [1.82, 2.24) is 14.8 Å². The Kier molecular flexibility index (Phi) is 3.50. The highest BCUT2D eigenvalue weighted by molar-refractivity contribution is 9.10. The van der Waals surface area contributed by atoms with Crippen molar-refractivity contribution >= 4 is 33.4 Å². The first kappa shape index (κ1) is 11.5. The number of rotatable bonds is 3. The molecule has 0 saturated carbocycles. The maximum atomic E-state index is 5.88. The summed E-state index contributed by atoms with van der Waals surface area (Å²) in [5, 5.41) is 4.02. The lowest BCUT2D eigenvalue weighted by molar-refractivity contribution is 0.730. The number of benzene rings is 1. The lowest BCUT2D eigenvalue weighted by Crippen LogP contribution is -1.98. The van der Waals surface area contributed by atoms with E-state index >= 15 is 0 Å². The van der Waals surface area contributed by atoms with Crippen molar-refractivity contribution in [3.05, 3.63) is 34.8 Å². The first-order valence-corrected chi connectivity index (χ1v) is 6.45. The smallest absolute Gasteiger partial charge is 0.138 e. The molecule has 0 spiro atoms. The van der Waals surface area contributed by atoms with Crippen LogP contribution in [-0.4, -0.2) is 14.8 Å². The van der Waals surface area contributed by atoms with Gasteiger partial charge < -0.3 is 5.73 Å². The van der Waals surface area contributed by atoms with Gasteiger partial charge in [0.25, 0.3) is 0 Å². The van der Waals surface area contributed by atoms with E-state index in [1.54, 1.807) is 22.8 Å². The van der Waals surface area contributed by atoms with Crippen molar-refractivity contribution < 1.29 is 0 Å². The molecular formula is C10H11BrN4S. The Morgan fingerprint density at radius 3 is 3.00 bits per heavy atom. The largest absolute Gasteiger partial charge is 0.398 e. The highest BCUT2D eigenvalue weighted by atomic mass is 79.9. The van der Waals surface area contributed by atoms with Crippen molar-refractivity contribution in [2.75, 3.05) is 5.73 Å². The highest BCUT2D eigenvalue weighted by Gasteiger charge is 2.05. The van der Waals surface area contributed by atoms with Crippen LogP contribution in [0, 0.1) is 0 Å². The van der Waals surface area contributed by atoms with Gasteiger partial charge in [-0.2, -0.15) is 5.10 Å². The molecule has 0 saturated heterocycles. The summed E-state index contributed by atoms with van der Waals surface area (Å²) in [5.74, 6) is 1.70. The summed E-state index contributed by atoms with van der Waals surface area (Å²) in [4.78, 5) is 5.21. The van der Waals surface area contributed by atoms with Crippen LogP contribution in [0.5, 0.6) is 0 Å². The van der Waals surface area contributed by atoms with Gasteiger partial charge in [-0.1, -0.05) is 15.9 Å². The van der Waals surface area contributed by atoms with Crippen LogP contribution in [0.4, 0.5) is 5.69 Å². The number of hydrogen-bond donors (Lipinski definition) is 1. The number of hydrogen-bond acceptors (Lipinski definition) is 4. The van der Waals surface area contributed by atoms with E-state index in [4.69, 9.17) is 5.73 Å². The van der Waals surface area contributed by atoms with Gasteiger partial charge in [-0.25, -0.2) is 4.98 Å². The molecule has 0 unspecified atom stereocenters. The van der Waals surface area contributed by atoms with Gasteiger partial charge in [-0.3, -0.25) is 4.68 Å². The van der Waals surface area contributed by atoms with Crippen LogP contribution in [0.15, 0.2) is 33.9 Å². The van der Waals surface area contributed by atoms with Crippen molar-refractivity contribution in [2.45, 2.75) is 10.6 Å². The van der Waals surface area contributed by atoms with Crippen LogP contribution >= 0.6 is 27.7 Å². The van der Waals surface area contributed by atoms with E-state index in [9.17, 15) is 0 Å². The molecule has 0 aliphatic rings. The van der Waals surface area contributed by atoms with Gasteiger partial charge in [-0.15, -0.1) is 11.8 Å². The number of thioether (sulfide) groups is 1. The van der Waals surface area contributed by atoms with Crippen molar-refractivity contribution in [3.8, 4) is 0 Å². The predicted octanol–water partition coefficient (Wildman–Crippen LogP) is 2.45. The molecule has 0 aliphatic heterocycles. The van der Waals surface area contributed by atoms with Crippen LogP contribution in [0.3, 0.4) is 0 Å². The average molecular weight is 299 g/mol. The Labute approximate surface area is 106 Å². The summed E-state index contributed by atoms with van der Waals surface area (Å²) in [6, 6.07) is 5.83. The molecule has 0 atom stereocenters. The van der Waals surface area contributed by atoms with E-state index in [-0.39, 0.29) is 0 Å². The quantitative estimate of drug-likeness (QED) is 0.698. The molecule has 4 nitrogen and oxygen atoms in total. The van der Waals surface area contributed by atoms with Crippen LogP contribution in [0.1, 0.15) is 5.82 Å². The maximum Gasteiger partial charge on any atom is 0.138 e. The minimum atomic E-state index is 0.761. The summed E-state index contributed by atoms with van der Waals surface area (Å²) in [6.45, 7) is 0. The van der Waals surface area contributed by atoms with Gasteiger partial charge in [0.15, 0.2) is 0 Å². The minimum absolute atomic E-state index is 0.761. The fourth-order valence-corrected chi connectivity index (χ4v) is 2.73. The van der Waals surface area contributed by atoms with Crippen LogP contribution in [0.2, 0.25) is 0 Å². The molecule has 1 aromatic heterocycles. The Morgan fingerprint density at radius 1 is 1.50 bits per heavy atom. The van der Waals surface area contributed by atoms with E-state index < -0.39 is 0 Å². The first-order chi connectivity index (χ1) is 7.66. The Bertz CT molecular complexity index is 497. The molecule has 1 aromatic carbocycles. The van der Waals surface area contributed by atoms with E-state index in [1.165, 1.54) is 0 Å². The third kappa shape index (κ3) is 2.56. The third-order valence-corrected chi connectivity index (χ3v) is 3.70. The molecule has 6 heteroatoms. The monoisotopic (exact) mass is 298 g/mol. The predicted molar refractivity (Wildman–Crippen MR) is 69.1 cm³/mol. The van der Waals surface area contributed by atoms with Gasteiger partial charge in [0.05, 0.1) is 5.75 Å². The summed E-state index contributed by atoms with van der Waals surface area (Å²) >= 11 is 5.08. The summed E-state index contributed by atoms with van der Waals surface area (Å²) in [6.07, 6.45) is 1.56. The van der Waals surface area contributed by atoms with Gasteiger partial charge >= 0.3 is 0 Å². The first-order valence-electron chi connectivity index (χ1n) is 4.67. The number of nitrogens with two attached hydrogens (primary N) is 1. The molecule has 0 bridgehead atoms. The fourth-order valence-electron chi connectivity index (χ4n) is 1.23. The Morgan fingerprint density at radius 2 is 2.31 bits per heavy atom. The second kappa shape index (κ2) is 4.88. The average Bonchev–Trinajstić information content (AvgIpc) is 2.66. The van der Waals surface area contributed by atoms with Gasteiger partial charge in [-0.05, 0) is 18.2 Å². The summed E-state index contributed by atoms with van der Waals surface area (Å²) in [7, 11) is 1.88. The Hall–Kier alpha value is -1.01. The number of aryl methyl sites for hydroxylation is 1. The molecular weight excluding hydrogens is 288 g/mol. The molecule has 2 aromatic rings. The molecule has 0 fully saturated rings. The number of aromatic nitrogens is 3. The van der Waals surface area contributed by atoms with E-state index in [0.717, 1.165) is 26.6 Å². The summed E-state index contributed by atoms with van der Waals surface area (Å²) in [5.41, 5.74) is 6.67. The second-order valence-corrected chi connectivity index (χ2v) is 5.20. The van der Waals surface area contributed by atoms with Crippen LogP contribution in [0.25, 0.3) is 0 Å². The zero-order valence-corrected chi connectivity index (χ0v) is 11.1. The third-order valence-electron chi connectivity index (χ3n) is 2.14. The molecule has 2 N–H and O–H groups in total. The lowest BCUT2D eigenvalue weighted by atomic mass is 10.3. The van der Waals surface area contributed by atoms with Crippen molar-refractivity contribution in [3.63, 3.8) is 0 Å². The van der Waals surface area contributed by atoms with Gasteiger partial charge in [0.2, 0.25) is 0 Å². The molecule has 1 heterocycles. The maximum absolute atomic E-state index is 5.88. The minimum Gasteiger partial charge on any atom is -0.398 e. The Balaban J connectivity index is 2.10. The fraction of sp³-hybridized carbons (Fsp3) is 0.200. The van der Waals surface area contributed by atoms with Crippen molar-refractivity contribution in [1.29, 1.82) is 0 Å². The zero-order valence-electron chi connectivity index (χ0n) is 8.72. The lowest BCUT2D eigenvalue weighted by Gasteiger charge is -2.05. The number of nitrogen functional groups attached to an aromatic ring is 1. The molecule has 16 heavy (non-hydrogen) atoms. The standard InChI is InChI=1S/C10H11BrN4S/c1-15-10(13-6-14-15)5-16-9-4-7(11)2-3-8(9)12/h2-4,6H,5,12H2,1H3. The van der Waals surface area contributed by atoms with E-state index in [2.05, 4.69) is 26.0 Å². The van der Waals surface area contributed by atoms with Crippen molar-refractivity contribution in [2.24, 2.45) is 7.05 Å². The SMILES string of the molecule is Cn1ncnc1CSc1cc(Br)ccc1N. The number of anilines is 1. The molecule has 0 amide bonds. The van der Waals surface area contributed by atoms with Crippen LogP contribution < -0.4 is 5.73 Å². The second-order valence-electron chi connectivity index (χ2n) is 3.27. The molecule has 2 rings (SSSR count). The number of nitrogens with zero attached hydrogens (tertiary/aromatic N) is 3. The van der Waals surface area contributed by atoms with Crippen LogP contribution in [-0.2, 0) is 12.8 Å². The zero-order chi connectivity index (χ0) is 11.5. The van der Waals surface area contributed by atoms with Gasteiger partial charge in [0, 0.05) is 22.1 Å². The highest BCUT2D eigenvalue weighted by Crippen LogP contribution is 2.30.